The van der Waals surface area contributed by atoms with E-state index in [0.29, 0.717) is 15.5 Å². The summed E-state index contributed by atoms with van der Waals surface area (Å²) in [6.07, 6.45) is 0. The van der Waals surface area contributed by atoms with E-state index in [1.165, 1.54) is 0 Å². The average molecular weight is 257 g/mol. The molecule has 0 unspecified atom stereocenters. The molecule has 1 saturated heterocycles. The smallest absolute Gasteiger partial charge is 0.256 e. The summed E-state index contributed by atoms with van der Waals surface area (Å²) in [6.45, 7) is 3.10. The van der Waals surface area contributed by atoms with Crippen molar-refractivity contribution < 1.29 is 4.79 Å². The van der Waals surface area contributed by atoms with E-state index in [0.717, 1.165) is 26.2 Å². The van der Waals surface area contributed by atoms with Crippen LogP contribution in [-0.2, 0) is 0 Å². The van der Waals surface area contributed by atoms with E-state index in [1.807, 2.05) is 0 Å². The van der Waals surface area contributed by atoms with Crippen LogP contribution in [0, 0.1) is 0 Å². The van der Waals surface area contributed by atoms with Crippen LogP contribution in [-0.4, -0.2) is 37.0 Å². The molecule has 86 valence electrons. The molecule has 0 aromatic heterocycles. The molecule has 0 aliphatic carbocycles. The topological polar surface area (TPSA) is 32.3 Å². The maximum atomic E-state index is 12.2. The number of nitrogens with one attached hydrogen (secondary N) is 1. The Labute approximate surface area is 105 Å². The number of amides is 1. The minimum atomic E-state index is -0.0305. The van der Waals surface area contributed by atoms with Gasteiger partial charge >= 0.3 is 0 Å². The minimum Gasteiger partial charge on any atom is -0.336 e. The summed E-state index contributed by atoms with van der Waals surface area (Å²) in [5.74, 6) is -0.0305. The number of hydrogen-bond acceptors (Lipinski definition) is 3. The molecule has 1 N–H and O–H groups in total. The first-order chi connectivity index (χ1) is 7.70. The zero-order valence-corrected chi connectivity index (χ0v) is 10.4. The Balaban J connectivity index is 2.26. The van der Waals surface area contributed by atoms with Crippen LogP contribution in [0.3, 0.4) is 0 Å². The van der Waals surface area contributed by atoms with Crippen molar-refractivity contribution in [2.45, 2.75) is 4.90 Å². The predicted octanol–water partition coefficient (Wildman–Crippen LogP) is 1.67. The average Bonchev–Trinajstić information content (AvgIpc) is 2.30. The Morgan fingerprint density at radius 2 is 2.06 bits per heavy atom. The predicted molar refractivity (Wildman–Crippen MR) is 67.5 cm³/mol. The van der Waals surface area contributed by atoms with Gasteiger partial charge in [-0.1, -0.05) is 17.7 Å². The first kappa shape index (κ1) is 11.8. The fourth-order valence-corrected chi connectivity index (χ4v) is 2.37. The highest BCUT2D eigenvalue weighted by Crippen LogP contribution is 2.24. The molecule has 1 aliphatic rings. The SMILES string of the molecule is O=C(c1c(S)cccc1Cl)N1CCNCC1. The van der Waals surface area contributed by atoms with Crippen LogP contribution in [0.2, 0.25) is 5.02 Å². The summed E-state index contributed by atoms with van der Waals surface area (Å²) in [4.78, 5) is 14.6. The van der Waals surface area contributed by atoms with Gasteiger partial charge in [0.2, 0.25) is 0 Å². The molecule has 16 heavy (non-hydrogen) atoms. The lowest BCUT2D eigenvalue weighted by molar-refractivity contribution is 0.0732. The van der Waals surface area contributed by atoms with Crippen LogP contribution < -0.4 is 5.32 Å². The molecule has 1 fully saturated rings. The highest BCUT2D eigenvalue weighted by Gasteiger charge is 2.21. The summed E-state index contributed by atoms with van der Waals surface area (Å²) in [5, 5.41) is 3.67. The van der Waals surface area contributed by atoms with E-state index in [1.54, 1.807) is 23.1 Å². The third-order valence-electron chi connectivity index (χ3n) is 2.61. The van der Waals surface area contributed by atoms with Gasteiger partial charge in [0.1, 0.15) is 0 Å². The molecule has 1 amide bonds. The quantitative estimate of drug-likeness (QED) is 0.750. The highest BCUT2D eigenvalue weighted by atomic mass is 35.5. The van der Waals surface area contributed by atoms with Crippen LogP contribution in [0.1, 0.15) is 10.4 Å². The second kappa shape index (κ2) is 5.08. The van der Waals surface area contributed by atoms with Crippen molar-refractivity contribution in [1.82, 2.24) is 10.2 Å². The molecule has 0 atom stereocenters. The number of hydrogen-bond donors (Lipinski definition) is 2. The van der Waals surface area contributed by atoms with Crippen molar-refractivity contribution in [2.24, 2.45) is 0 Å². The normalized spacial score (nSPS) is 16.2. The molecular weight excluding hydrogens is 244 g/mol. The summed E-state index contributed by atoms with van der Waals surface area (Å²) < 4.78 is 0. The molecule has 0 saturated carbocycles. The number of carbonyl (C=O) groups excluding carboxylic acids is 1. The highest BCUT2D eigenvalue weighted by molar-refractivity contribution is 7.80. The van der Waals surface area contributed by atoms with E-state index < -0.39 is 0 Å². The van der Waals surface area contributed by atoms with Crippen LogP contribution in [0.5, 0.6) is 0 Å². The van der Waals surface area contributed by atoms with Gasteiger partial charge in [0.15, 0.2) is 0 Å². The zero-order chi connectivity index (χ0) is 11.5. The van der Waals surface area contributed by atoms with Crippen LogP contribution in [0.4, 0.5) is 0 Å². The van der Waals surface area contributed by atoms with E-state index in [2.05, 4.69) is 17.9 Å². The van der Waals surface area contributed by atoms with Gasteiger partial charge in [-0.3, -0.25) is 4.79 Å². The lowest BCUT2D eigenvalue weighted by Crippen LogP contribution is -2.46. The number of thiol groups is 1. The molecule has 2 rings (SSSR count). The van der Waals surface area contributed by atoms with Crippen LogP contribution >= 0.6 is 24.2 Å². The number of benzene rings is 1. The fourth-order valence-electron chi connectivity index (χ4n) is 1.75. The van der Waals surface area contributed by atoms with E-state index in [9.17, 15) is 4.79 Å². The third-order valence-corrected chi connectivity index (χ3v) is 3.30. The molecule has 1 aromatic rings. The molecular formula is C11H13ClN2OS. The Morgan fingerprint density at radius 1 is 1.38 bits per heavy atom. The van der Waals surface area contributed by atoms with Crippen LogP contribution in [0.15, 0.2) is 23.1 Å². The molecule has 0 radical (unpaired) electrons. The van der Waals surface area contributed by atoms with E-state index in [-0.39, 0.29) is 5.91 Å². The molecule has 0 bridgehead atoms. The molecule has 0 spiro atoms. The van der Waals surface area contributed by atoms with Gasteiger partial charge in [-0.05, 0) is 12.1 Å². The maximum Gasteiger partial charge on any atom is 0.256 e. The number of rotatable bonds is 1. The zero-order valence-electron chi connectivity index (χ0n) is 8.74. The largest absolute Gasteiger partial charge is 0.336 e. The monoisotopic (exact) mass is 256 g/mol. The summed E-state index contributed by atoms with van der Waals surface area (Å²) in [5.41, 5.74) is 0.509. The number of nitrogens with zero attached hydrogens (tertiary/aromatic N) is 1. The Bertz CT molecular complexity index is 385. The number of piperazine rings is 1. The van der Waals surface area contributed by atoms with Crippen molar-refractivity contribution in [2.75, 3.05) is 26.2 Å². The van der Waals surface area contributed by atoms with Gasteiger partial charge in [0.25, 0.3) is 5.91 Å². The van der Waals surface area contributed by atoms with Crippen molar-refractivity contribution in [3.63, 3.8) is 0 Å². The molecule has 3 nitrogen and oxygen atoms in total. The standard InChI is InChI=1S/C11H13ClN2OS/c12-8-2-1-3-9(16)10(8)11(15)14-6-4-13-5-7-14/h1-3,13,16H,4-7H2. The Morgan fingerprint density at radius 3 is 2.69 bits per heavy atom. The lowest BCUT2D eigenvalue weighted by atomic mass is 10.2. The summed E-state index contributed by atoms with van der Waals surface area (Å²) in [7, 11) is 0. The van der Waals surface area contributed by atoms with E-state index in [4.69, 9.17) is 11.6 Å². The minimum absolute atomic E-state index is 0.0305. The molecule has 5 heteroatoms. The Hall–Kier alpha value is -0.710. The molecule has 1 aromatic carbocycles. The molecule has 1 aliphatic heterocycles. The van der Waals surface area contributed by atoms with Gasteiger partial charge in [0.05, 0.1) is 10.6 Å². The van der Waals surface area contributed by atoms with Gasteiger partial charge in [-0.15, -0.1) is 12.6 Å². The number of halogens is 1. The van der Waals surface area contributed by atoms with Crippen LogP contribution in [0.25, 0.3) is 0 Å². The van der Waals surface area contributed by atoms with Crippen molar-refractivity contribution >= 4 is 30.1 Å². The first-order valence-corrected chi connectivity index (χ1v) is 6.00. The molecule has 1 heterocycles. The van der Waals surface area contributed by atoms with Gasteiger partial charge in [-0.25, -0.2) is 0 Å². The maximum absolute atomic E-state index is 12.2. The second-order valence-corrected chi connectivity index (χ2v) is 4.57. The van der Waals surface area contributed by atoms with Crippen molar-refractivity contribution in [3.05, 3.63) is 28.8 Å². The summed E-state index contributed by atoms with van der Waals surface area (Å²) >= 11 is 10.3. The van der Waals surface area contributed by atoms with Crippen molar-refractivity contribution in [1.29, 1.82) is 0 Å². The summed E-state index contributed by atoms with van der Waals surface area (Å²) in [6, 6.07) is 5.29. The third kappa shape index (κ3) is 2.34. The lowest BCUT2D eigenvalue weighted by Gasteiger charge is -2.28. The van der Waals surface area contributed by atoms with Crippen molar-refractivity contribution in [3.8, 4) is 0 Å². The fraction of sp³-hybridized carbons (Fsp3) is 0.364. The van der Waals surface area contributed by atoms with E-state index >= 15 is 0 Å². The Kier molecular flexibility index (Phi) is 3.74. The number of carbonyl (C=O) groups is 1. The van der Waals surface area contributed by atoms with Gasteiger partial charge in [0, 0.05) is 31.1 Å². The first-order valence-electron chi connectivity index (χ1n) is 5.17. The van der Waals surface area contributed by atoms with Gasteiger partial charge in [-0.2, -0.15) is 0 Å². The van der Waals surface area contributed by atoms with Gasteiger partial charge < -0.3 is 10.2 Å². The second-order valence-electron chi connectivity index (χ2n) is 3.68.